The van der Waals surface area contributed by atoms with Crippen LogP contribution in [-0.2, 0) is 20.7 Å². The van der Waals surface area contributed by atoms with Gasteiger partial charge in [0.05, 0.1) is 18.2 Å². The van der Waals surface area contributed by atoms with Crippen molar-refractivity contribution < 1.29 is 24.0 Å². The Balaban J connectivity index is 1.75. The van der Waals surface area contributed by atoms with Crippen molar-refractivity contribution in [2.75, 3.05) is 7.11 Å². The molecule has 2 aromatic rings. The minimum Gasteiger partial charge on any atom is -0.481 e. The molecule has 0 saturated heterocycles. The van der Waals surface area contributed by atoms with Crippen LogP contribution in [0.25, 0.3) is 11.3 Å². The highest BCUT2D eigenvalue weighted by molar-refractivity contribution is 5.84. The Hall–Kier alpha value is -2.89. The van der Waals surface area contributed by atoms with E-state index in [0.717, 1.165) is 5.56 Å². The molecule has 0 radical (unpaired) electrons. The van der Waals surface area contributed by atoms with Crippen LogP contribution in [0.15, 0.2) is 53.1 Å². The highest BCUT2D eigenvalue weighted by Gasteiger charge is 2.74. The molecule has 1 aliphatic rings. The summed E-state index contributed by atoms with van der Waals surface area (Å²) in [5.41, 5.74) is 0.237. The normalized spacial score (nSPS) is 23.3. The second-order valence-electron chi connectivity index (χ2n) is 7.41. The number of methoxy groups -OCH3 is 1. The first-order chi connectivity index (χ1) is 12.8. The van der Waals surface area contributed by atoms with E-state index in [1.165, 1.54) is 13.2 Å². The number of aryl methyl sites for hydroxylation is 1. The van der Waals surface area contributed by atoms with E-state index in [0.29, 0.717) is 24.3 Å². The number of allylic oxidation sites excluding steroid dienone is 1. The molecule has 6 nitrogen and oxygen atoms in total. The molecule has 0 amide bonds. The van der Waals surface area contributed by atoms with Gasteiger partial charge in [0.25, 0.3) is 0 Å². The van der Waals surface area contributed by atoms with Gasteiger partial charge in [-0.25, -0.2) is 4.79 Å². The number of benzene rings is 1. The number of carboxylic acids is 1. The fourth-order valence-corrected chi connectivity index (χ4v) is 4.03. The fraction of sp³-hybridized carbons (Fsp3) is 0.381. The molecule has 2 atom stereocenters. The van der Waals surface area contributed by atoms with Crippen molar-refractivity contribution in [2.24, 2.45) is 16.7 Å². The topological polar surface area (TPSA) is 89.6 Å². The Kier molecular flexibility index (Phi) is 4.91. The number of carbonyl (C=O) groups excluding carboxylic acids is 1. The molecule has 27 heavy (non-hydrogen) atoms. The summed E-state index contributed by atoms with van der Waals surface area (Å²) < 4.78 is 10.0. The minimum absolute atomic E-state index is 0.248. The first kappa shape index (κ1) is 18.9. The van der Waals surface area contributed by atoms with E-state index in [1.54, 1.807) is 6.08 Å². The predicted molar refractivity (Wildman–Crippen MR) is 98.8 cm³/mol. The molecule has 1 aliphatic carbocycles. The Labute approximate surface area is 157 Å². The zero-order valence-corrected chi connectivity index (χ0v) is 15.6. The Bertz CT molecular complexity index is 868. The van der Waals surface area contributed by atoms with Crippen LogP contribution in [0, 0.1) is 16.7 Å². The van der Waals surface area contributed by atoms with E-state index in [-0.39, 0.29) is 5.92 Å². The summed E-state index contributed by atoms with van der Waals surface area (Å²) in [5.74, 6) is -0.936. The zero-order chi connectivity index (χ0) is 19.7. The summed E-state index contributed by atoms with van der Waals surface area (Å²) in [4.78, 5) is 23.5. The number of aliphatic carboxylic acids is 1. The molecule has 1 aromatic heterocycles. The molecule has 1 aromatic carbocycles. The van der Waals surface area contributed by atoms with E-state index < -0.39 is 22.8 Å². The van der Waals surface area contributed by atoms with Gasteiger partial charge in [-0.15, -0.1) is 0 Å². The van der Waals surface area contributed by atoms with Crippen molar-refractivity contribution >= 4 is 11.9 Å². The third-order valence-corrected chi connectivity index (χ3v) is 5.78. The van der Waals surface area contributed by atoms with Gasteiger partial charge < -0.3 is 14.4 Å². The lowest BCUT2D eigenvalue weighted by molar-refractivity contribution is -0.145. The standard InChI is InChI=1S/C21H23NO5/c1-20(2)17(9-10-18(23)26-3)21(20,19(24)25)12-11-15-13-16(27-22-15)14-7-5-4-6-8-14/h4-10,13,17H,11-12H2,1-3H3,(H,24,25)/t17-,21+/m1/s1. The number of hydrogen-bond donors (Lipinski definition) is 1. The van der Waals surface area contributed by atoms with Crippen molar-refractivity contribution in [1.29, 1.82) is 0 Å². The maximum atomic E-state index is 12.1. The van der Waals surface area contributed by atoms with Crippen LogP contribution >= 0.6 is 0 Å². The molecule has 0 aliphatic heterocycles. The number of aromatic nitrogens is 1. The highest BCUT2D eigenvalue weighted by Crippen LogP contribution is 2.71. The van der Waals surface area contributed by atoms with E-state index in [2.05, 4.69) is 9.89 Å². The average molecular weight is 369 g/mol. The van der Waals surface area contributed by atoms with Crippen LogP contribution in [0.2, 0.25) is 0 Å². The van der Waals surface area contributed by atoms with Crippen molar-refractivity contribution in [1.82, 2.24) is 5.16 Å². The van der Waals surface area contributed by atoms with E-state index in [1.807, 2.05) is 50.2 Å². The minimum atomic E-state index is -0.941. The monoisotopic (exact) mass is 369 g/mol. The summed E-state index contributed by atoms with van der Waals surface area (Å²) in [6.07, 6.45) is 3.85. The molecule has 6 heteroatoms. The zero-order valence-electron chi connectivity index (χ0n) is 15.6. The van der Waals surface area contributed by atoms with E-state index >= 15 is 0 Å². The number of carboxylic acid groups (broad SMARTS) is 1. The number of carbonyl (C=O) groups is 2. The average Bonchev–Trinajstić information content (AvgIpc) is 2.97. The molecule has 1 heterocycles. The predicted octanol–water partition coefficient (Wildman–Crippen LogP) is 3.73. The van der Waals surface area contributed by atoms with E-state index in [4.69, 9.17) is 4.52 Å². The smallest absolute Gasteiger partial charge is 0.330 e. The van der Waals surface area contributed by atoms with Crippen LogP contribution in [0.3, 0.4) is 0 Å². The Morgan fingerprint density at radius 1 is 1.30 bits per heavy atom. The van der Waals surface area contributed by atoms with Gasteiger partial charge >= 0.3 is 11.9 Å². The van der Waals surface area contributed by atoms with Crippen molar-refractivity contribution in [3.63, 3.8) is 0 Å². The molecule has 0 unspecified atom stereocenters. The molecular formula is C21H23NO5. The number of esters is 1. The highest BCUT2D eigenvalue weighted by atomic mass is 16.5. The van der Waals surface area contributed by atoms with Crippen LogP contribution in [0.1, 0.15) is 26.0 Å². The van der Waals surface area contributed by atoms with Gasteiger partial charge in [-0.05, 0) is 18.3 Å². The maximum Gasteiger partial charge on any atom is 0.330 e. The summed E-state index contributed by atoms with van der Waals surface area (Å²) >= 11 is 0. The SMILES string of the molecule is COC(=O)C=C[C@@H]1C(C)(C)[C@]1(CCc1cc(-c2ccccc2)on1)C(=O)O. The van der Waals surface area contributed by atoms with Crippen LogP contribution in [0.4, 0.5) is 0 Å². The number of hydrogen-bond acceptors (Lipinski definition) is 5. The maximum absolute atomic E-state index is 12.1. The summed E-state index contributed by atoms with van der Waals surface area (Å²) in [6, 6.07) is 11.5. The van der Waals surface area contributed by atoms with E-state index in [9.17, 15) is 14.7 Å². The van der Waals surface area contributed by atoms with Gasteiger partial charge in [-0.3, -0.25) is 4.79 Å². The van der Waals surface area contributed by atoms with Gasteiger partial charge in [0.2, 0.25) is 0 Å². The van der Waals surface area contributed by atoms with Crippen LogP contribution in [-0.4, -0.2) is 29.3 Å². The van der Waals surface area contributed by atoms with Gasteiger partial charge in [0.1, 0.15) is 0 Å². The lowest BCUT2D eigenvalue weighted by Crippen LogP contribution is -2.22. The Morgan fingerprint density at radius 2 is 2.00 bits per heavy atom. The summed E-state index contributed by atoms with van der Waals surface area (Å²) in [7, 11) is 1.30. The van der Waals surface area contributed by atoms with Crippen LogP contribution < -0.4 is 0 Å². The van der Waals surface area contributed by atoms with Crippen LogP contribution in [0.5, 0.6) is 0 Å². The molecular weight excluding hydrogens is 346 g/mol. The molecule has 1 fully saturated rings. The number of nitrogens with zero attached hydrogens (tertiary/aromatic N) is 1. The van der Waals surface area contributed by atoms with Crippen molar-refractivity contribution in [3.05, 3.63) is 54.2 Å². The van der Waals surface area contributed by atoms with Crippen molar-refractivity contribution in [3.8, 4) is 11.3 Å². The molecule has 1 N–H and O–H groups in total. The number of rotatable bonds is 7. The third kappa shape index (κ3) is 3.27. The number of ether oxygens (including phenoxy) is 1. The molecule has 1 saturated carbocycles. The lowest BCUT2D eigenvalue weighted by Gasteiger charge is -2.14. The van der Waals surface area contributed by atoms with Gasteiger partial charge in [0.15, 0.2) is 5.76 Å². The Morgan fingerprint density at radius 3 is 2.63 bits per heavy atom. The molecule has 0 bridgehead atoms. The lowest BCUT2D eigenvalue weighted by atomic mass is 9.90. The second kappa shape index (κ2) is 7.02. The first-order valence-corrected chi connectivity index (χ1v) is 8.83. The summed E-state index contributed by atoms with van der Waals surface area (Å²) in [6.45, 7) is 3.82. The molecule has 0 spiro atoms. The van der Waals surface area contributed by atoms with Gasteiger partial charge in [0, 0.05) is 23.6 Å². The molecule has 3 rings (SSSR count). The second-order valence-corrected chi connectivity index (χ2v) is 7.41. The fourth-order valence-electron chi connectivity index (χ4n) is 4.03. The van der Waals surface area contributed by atoms with Gasteiger partial charge in [-0.2, -0.15) is 0 Å². The first-order valence-electron chi connectivity index (χ1n) is 8.83. The largest absolute Gasteiger partial charge is 0.481 e. The quantitative estimate of drug-likeness (QED) is 0.591. The van der Waals surface area contributed by atoms with Gasteiger partial charge in [-0.1, -0.05) is 55.4 Å². The molecule has 142 valence electrons. The van der Waals surface area contributed by atoms with Crippen molar-refractivity contribution in [2.45, 2.75) is 26.7 Å². The third-order valence-electron chi connectivity index (χ3n) is 5.78. The summed E-state index contributed by atoms with van der Waals surface area (Å²) in [5, 5.41) is 14.0.